The summed E-state index contributed by atoms with van der Waals surface area (Å²) in [5.41, 5.74) is 1.43. The molecule has 0 saturated carbocycles. The molecular formula is C21H19F3N4O. The normalized spacial score (nSPS) is 17.3. The van der Waals surface area contributed by atoms with Crippen molar-refractivity contribution in [3.63, 3.8) is 0 Å². The van der Waals surface area contributed by atoms with Gasteiger partial charge in [0.05, 0.1) is 11.3 Å². The van der Waals surface area contributed by atoms with Crippen molar-refractivity contribution in [2.24, 2.45) is 0 Å². The number of alkyl halides is 3. The van der Waals surface area contributed by atoms with Crippen LogP contribution in [0.25, 0.3) is 11.3 Å². The number of H-pyrrole nitrogens is 1. The molecule has 1 fully saturated rings. The Morgan fingerprint density at radius 3 is 2.72 bits per heavy atom. The van der Waals surface area contributed by atoms with Gasteiger partial charge in [0.25, 0.3) is 5.91 Å². The highest BCUT2D eigenvalue weighted by atomic mass is 19.4. The molecule has 0 spiro atoms. The summed E-state index contributed by atoms with van der Waals surface area (Å²) in [7, 11) is 0. The SMILES string of the molecule is O=C(c1ccn[nH]1)N1CCC[C@@H](c2cccc(-c3cccc(C(F)(F)F)c3)n2)C1. The molecule has 1 aliphatic rings. The molecule has 0 aliphatic carbocycles. The molecule has 1 aromatic carbocycles. The number of amides is 1. The van der Waals surface area contributed by atoms with Crippen molar-refractivity contribution in [2.75, 3.05) is 13.1 Å². The van der Waals surface area contributed by atoms with E-state index in [0.717, 1.165) is 30.7 Å². The fourth-order valence-corrected chi connectivity index (χ4v) is 3.64. The molecule has 8 heteroatoms. The minimum Gasteiger partial charge on any atom is -0.337 e. The van der Waals surface area contributed by atoms with Crippen molar-refractivity contribution in [1.82, 2.24) is 20.1 Å². The Morgan fingerprint density at radius 2 is 1.97 bits per heavy atom. The second kappa shape index (κ2) is 7.69. The molecule has 29 heavy (non-hydrogen) atoms. The van der Waals surface area contributed by atoms with Gasteiger partial charge in [0, 0.05) is 36.5 Å². The molecule has 3 aromatic rings. The average molecular weight is 400 g/mol. The molecule has 0 bridgehead atoms. The number of carbonyl (C=O) groups is 1. The predicted octanol–water partition coefficient (Wildman–Crippen LogP) is 4.51. The number of aromatic nitrogens is 3. The lowest BCUT2D eigenvalue weighted by Crippen LogP contribution is -2.39. The number of pyridine rings is 1. The van der Waals surface area contributed by atoms with E-state index in [-0.39, 0.29) is 11.8 Å². The Hall–Kier alpha value is -3.16. The molecule has 1 atom stereocenters. The maximum atomic E-state index is 13.0. The summed E-state index contributed by atoms with van der Waals surface area (Å²) >= 11 is 0. The van der Waals surface area contributed by atoms with E-state index in [1.165, 1.54) is 12.3 Å². The number of hydrogen-bond acceptors (Lipinski definition) is 3. The van der Waals surface area contributed by atoms with E-state index in [1.54, 1.807) is 29.2 Å². The van der Waals surface area contributed by atoms with Crippen LogP contribution in [0.3, 0.4) is 0 Å². The topological polar surface area (TPSA) is 61.9 Å². The minimum atomic E-state index is -4.40. The highest BCUT2D eigenvalue weighted by molar-refractivity contribution is 5.92. The van der Waals surface area contributed by atoms with E-state index in [1.807, 2.05) is 6.07 Å². The first-order chi connectivity index (χ1) is 13.9. The number of likely N-dealkylation sites (tertiary alicyclic amines) is 1. The van der Waals surface area contributed by atoms with E-state index in [2.05, 4.69) is 15.2 Å². The van der Waals surface area contributed by atoms with Gasteiger partial charge in [-0.25, -0.2) is 0 Å². The maximum Gasteiger partial charge on any atom is 0.416 e. The van der Waals surface area contributed by atoms with Gasteiger partial charge < -0.3 is 4.90 Å². The van der Waals surface area contributed by atoms with Crippen LogP contribution in [0.15, 0.2) is 54.7 Å². The van der Waals surface area contributed by atoms with E-state index < -0.39 is 11.7 Å². The Labute approximate surface area is 165 Å². The van der Waals surface area contributed by atoms with Gasteiger partial charge in [0.2, 0.25) is 0 Å². The molecular weight excluding hydrogens is 381 g/mol. The molecule has 4 rings (SSSR count). The summed E-state index contributed by atoms with van der Waals surface area (Å²) in [5.74, 6) is -0.0809. The first-order valence-corrected chi connectivity index (χ1v) is 9.35. The summed E-state index contributed by atoms with van der Waals surface area (Å²) < 4.78 is 39.1. The van der Waals surface area contributed by atoms with Crippen molar-refractivity contribution in [3.8, 4) is 11.3 Å². The third-order valence-electron chi connectivity index (χ3n) is 5.11. The molecule has 1 aliphatic heterocycles. The van der Waals surface area contributed by atoms with Gasteiger partial charge in [-0.15, -0.1) is 0 Å². The Morgan fingerprint density at radius 1 is 1.14 bits per heavy atom. The van der Waals surface area contributed by atoms with E-state index in [0.29, 0.717) is 30.0 Å². The smallest absolute Gasteiger partial charge is 0.337 e. The van der Waals surface area contributed by atoms with Gasteiger partial charge in [-0.2, -0.15) is 18.3 Å². The van der Waals surface area contributed by atoms with Gasteiger partial charge in [-0.1, -0.05) is 18.2 Å². The van der Waals surface area contributed by atoms with Crippen LogP contribution >= 0.6 is 0 Å². The molecule has 0 unspecified atom stereocenters. The summed E-state index contributed by atoms with van der Waals surface area (Å²) in [6.07, 6.45) is -1.16. The van der Waals surface area contributed by atoms with Crippen LogP contribution in [0.2, 0.25) is 0 Å². The highest BCUT2D eigenvalue weighted by Crippen LogP contribution is 2.33. The third kappa shape index (κ3) is 4.16. The van der Waals surface area contributed by atoms with Gasteiger partial charge in [0.1, 0.15) is 5.69 Å². The number of piperidine rings is 1. The number of rotatable bonds is 3. The number of hydrogen-bond donors (Lipinski definition) is 1. The highest BCUT2D eigenvalue weighted by Gasteiger charge is 2.31. The monoisotopic (exact) mass is 400 g/mol. The first-order valence-electron chi connectivity index (χ1n) is 9.35. The molecule has 150 valence electrons. The lowest BCUT2D eigenvalue weighted by molar-refractivity contribution is -0.137. The van der Waals surface area contributed by atoms with E-state index >= 15 is 0 Å². The van der Waals surface area contributed by atoms with Gasteiger partial charge in [-0.3, -0.25) is 14.9 Å². The van der Waals surface area contributed by atoms with Crippen molar-refractivity contribution in [1.29, 1.82) is 0 Å². The Kier molecular flexibility index (Phi) is 5.08. The second-order valence-electron chi connectivity index (χ2n) is 7.09. The first kappa shape index (κ1) is 19.2. The van der Waals surface area contributed by atoms with Crippen LogP contribution < -0.4 is 0 Å². The lowest BCUT2D eigenvalue weighted by atomic mass is 9.93. The summed E-state index contributed by atoms with van der Waals surface area (Å²) in [4.78, 5) is 19.0. The lowest BCUT2D eigenvalue weighted by Gasteiger charge is -2.32. The molecule has 3 heterocycles. The number of nitrogens with one attached hydrogen (secondary N) is 1. The molecule has 1 N–H and O–H groups in total. The number of benzene rings is 1. The molecule has 1 amide bonds. The van der Waals surface area contributed by atoms with Crippen LogP contribution in [0.4, 0.5) is 13.2 Å². The minimum absolute atomic E-state index is 0.0290. The van der Waals surface area contributed by atoms with Crippen molar-refractivity contribution in [2.45, 2.75) is 24.9 Å². The van der Waals surface area contributed by atoms with Crippen molar-refractivity contribution >= 4 is 5.91 Å². The van der Waals surface area contributed by atoms with Crippen LogP contribution in [0, 0.1) is 0 Å². The van der Waals surface area contributed by atoms with Gasteiger partial charge in [0.15, 0.2) is 0 Å². The number of carbonyl (C=O) groups excluding carboxylic acids is 1. The number of nitrogens with zero attached hydrogens (tertiary/aromatic N) is 3. The van der Waals surface area contributed by atoms with Crippen LogP contribution in [0.1, 0.15) is 40.5 Å². The van der Waals surface area contributed by atoms with Crippen LogP contribution in [-0.2, 0) is 6.18 Å². The number of aromatic amines is 1. The standard InChI is InChI=1S/C21H19F3N4O/c22-21(23,24)16-6-1-4-14(12-16)17-7-2-8-18(26-17)15-5-3-11-28(13-15)20(29)19-9-10-25-27-19/h1-2,4,6-10,12,15H,3,5,11,13H2,(H,25,27)/t15-/m1/s1. The fourth-order valence-electron chi connectivity index (χ4n) is 3.64. The summed E-state index contributed by atoms with van der Waals surface area (Å²) in [6.45, 7) is 1.17. The molecule has 0 radical (unpaired) electrons. The maximum absolute atomic E-state index is 13.0. The molecule has 1 saturated heterocycles. The largest absolute Gasteiger partial charge is 0.416 e. The summed E-state index contributed by atoms with van der Waals surface area (Å²) in [5, 5.41) is 6.51. The van der Waals surface area contributed by atoms with Crippen LogP contribution in [0.5, 0.6) is 0 Å². The quantitative estimate of drug-likeness (QED) is 0.704. The molecule has 5 nitrogen and oxygen atoms in total. The fraction of sp³-hybridized carbons (Fsp3) is 0.286. The van der Waals surface area contributed by atoms with Gasteiger partial charge >= 0.3 is 6.18 Å². The molecule has 2 aromatic heterocycles. The van der Waals surface area contributed by atoms with Gasteiger partial charge in [-0.05, 0) is 43.2 Å². The van der Waals surface area contributed by atoms with Crippen molar-refractivity contribution < 1.29 is 18.0 Å². The second-order valence-corrected chi connectivity index (χ2v) is 7.09. The average Bonchev–Trinajstić information content (AvgIpc) is 3.28. The third-order valence-corrected chi connectivity index (χ3v) is 5.11. The van der Waals surface area contributed by atoms with Crippen LogP contribution in [-0.4, -0.2) is 39.1 Å². The summed E-state index contributed by atoms with van der Waals surface area (Å²) in [6, 6.07) is 12.2. The number of halogens is 3. The van der Waals surface area contributed by atoms with E-state index in [9.17, 15) is 18.0 Å². The van der Waals surface area contributed by atoms with Crippen molar-refractivity contribution in [3.05, 3.63) is 71.7 Å². The zero-order valence-electron chi connectivity index (χ0n) is 15.5. The predicted molar refractivity (Wildman–Crippen MR) is 101 cm³/mol. The zero-order valence-corrected chi connectivity index (χ0v) is 15.5. The van der Waals surface area contributed by atoms with E-state index in [4.69, 9.17) is 0 Å². The zero-order chi connectivity index (χ0) is 20.4. The Balaban J connectivity index is 1.56. The Bertz CT molecular complexity index is 1000.